The maximum atomic E-state index is 13.6. The number of carbonyl (C=O) groups excluding carboxylic acids is 1. The maximum Gasteiger partial charge on any atom is 0.330 e. The second kappa shape index (κ2) is 8.68. The molecule has 0 fully saturated rings. The number of hydrogen-bond donors (Lipinski definition) is 1. The Bertz CT molecular complexity index is 1620. The molecular weight excluding hydrogens is 432 g/mol. The number of carbonyl (C=O) groups is 1. The zero-order valence-electron chi connectivity index (χ0n) is 19.0. The van der Waals surface area contributed by atoms with E-state index in [1.807, 2.05) is 18.3 Å². The lowest BCUT2D eigenvalue weighted by Crippen LogP contribution is -2.31. The van der Waals surface area contributed by atoms with Gasteiger partial charge in [0.25, 0.3) is 0 Å². The van der Waals surface area contributed by atoms with E-state index in [9.17, 15) is 9.59 Å². The van der Waals surface area contributed by atoms with Gasteiger partial charge in [-0.2, -0.15) is 0 Å². The average Bonchev–Trinajstić information content (AvgIpc) is 3.21. The highest BCUT2D eigenvalue weighted by Gasteiger charge is 2.21. The topological polar surface area (TPSA) is 118 Å². The quantitative estimate of drug-likeness (QED) is 0.390. The summed E-state index contributed by atoms with van der Waals surface area (Å²) in [6.07, 6.45) is 6.74. The molecule has 0 bridgehead atoms. The van der Waals surface area contributed by atoms with Gasteiger partial charge < -0.3 is 15.1 Å². The van der Waals surface area contributed by atoms with Crippen LogP contribution in [-0.4, -0.2) is 36.8 Å². The van der Waals surface area contributed by atoms with Crippen molar-refractivity contribution in [1.82, 2.24) is 24.2 Å². The number of nitrogens with two attached hydrogens (primary N) is 1. The van der Waals surface area contributed by atoms with Crippen molar-refractivity contribution in [1.29, 1.82) is 0 Å². The Balaban J connectivity index is 1.85. The SMILES string of the molecule is CCc1cccc2c(-c3nc4cc5nccnc5cc4n(OC(C)=O)c3=O)cn(CCCN)c12. The van der Waals surface area contributed by atoms with Gasteiger partial charge in [0.1, 0.15) is 11.2 Å². The molecule has 5 aromatic rings. The minimum absolute atomic E-state index is 0.196. The van der Waals surface area contributed by atoms with Crippen LogP contribution in [0.15, 0.2) is 53.7 Å². The summed E-state index contributed by atoms with van der Waals surface area (Å²) in [5, 5.41) is 0.912. The Morgan fingerprint density at radius 2 is 1.88 bits per heavy atom. The first-order valence-electron chi connectivity index (χ1n) is 11.2. The number of aryl methyl sites for hydroxylation is 2. The van der Waals surface area contributed by atoms with Crippen molar-refractivity contribution < 1.29 is 9.63 Å². The lowest BCUT2D eigenvalue weighted by molar-refractivity contribution is -0.141. The van der Waals surface area contributed by atoms with Crippen molar-refractivity contribution in [3.8, 4) is 11.3 Å². The molecule has 0 atom stereocenters. The predicted octanol–water partition coefficient (Wildman–Crippen LogP) is 2.85. The molecule has 9 heteroatoms. The van der Waals surface area contributed by atoms with Gasteiger partial charge in [0.05, 0.1) is 22.1 Å². The highest BCUT2D eigenvalue weighted by molar-refractivity contribution is 5.98. The molecule has 0 spiro atoms. The molecule has 0 aliphatic rings. The van der Waals surface area contributed by atoms with Crippen LogP contribution in [-0.2, 0) is 17.8 Å². The van der Waals surface area contributed by atoms with E-state index >= 15 is 0 Å². The molecule has 0 radical (unpaired) electrons. The van der Waals surface area contributed by atoms with Gasteiger partial charge in [-0.25, -0.2) is 9.78 Å². The van der Waals surface area contributed by atoms with Crippen molar-refractivity contribution >= 4 is 38.9 Å². The van der Waals surface area contributed by atoms with E-state index in [2.05, 4.69) is 27.5 Å². The molecule has 3 aromatic heterocycles. The van der Waals surface area contributed by atoms with E-state index in [0.29, 0.717) is 34.2 Å². The molecule has 0 aliphatic heterocycles. The molecule has 2 aromatic carbocycles. The number of nitrogens with zero attached hydrogens (tertiary/aromatic N) is 5. The van der Waals surface area contributed by atoms with E-state index in [-0.39, 0.29) is 5.69 Å². The van der Waals surface area contributed by atoms with Crippen molar-refractivity contribution in [2.24, 2.45) is 5.73 Å². The molecule has 5 rings (SSSR count). The van der Waals surface area contributed by atoms with Crippen molar-refractivity contribution in [3.05, 3.63) is 64.8 Å². The van der Waals surface area contributed by atoms with Crippen LogP contribution >= 0.6 is 0 Å². The maximum absolute atomic E-state index is 13.6. The summed E-state index contributed by atoms with van der Waals surface area (Å²) in [7, 11) is 0. The summed E-state index contributed by atoms with van der Waals surface area (Å²) < 4.78 is 3.13. The molecule has 0 saturated carbocycles. The van der Waals surface area contributed by atoms with E-state index < -0.39 is 11.5 Å². The number of aromatic nitrogens is 5. The number of fused-ring (bicyclic) bond motifs is 3. The van der Waals surface area contributed by atoms with Crippen LogP contribution in [0.5, 0.6) is 0 Å². The van der Waals surface area contributed by atoms with Crippen LogP contribution < -0.4 is 16.1 Å². The second-order valence-corrected chi connectivity index (χ2v) is 8.07. The summed E-state index contributed by atoms with van der Waals surface area (Å²) in [4.78, 5) is 44.2. The third kappa shape index (κ3) is 3.60. The third-order valence-corrected chi connectivity index (χ3v) is 5.84. The molecule has 0 unspecified atom stereocenters. The fourth-order valence-corrected chi connectivity index (χ4v) is 4.36. The number of rotatable bonds is 6. The largest absolute Gasteiger partial charge is 0.347 e. The van der Waals surface area contributed by atoms with Gasteiger partial charge in [-0.3, -0.25) is 14.8 Å². The Morgan fingerprint density at radius 1 is 1.12 bits per heavy atom. The number of benzene rings is 2. The first-order valence-corrected chi connectivity index (χ1v) is 11.2. The summed E-state index contributed by atoms with van der Waals surface area (Å²) >= 11 is 0. The summed E-state index contributed by atoms with van der Waals surface area (Å²) in [6.45, 7) is 4.63. The second-order valence-electron chi connectivity index (χ2n) is 8.07. The highest BCUT2D eigenvalue weighted by atomic mass is 16.7. The Kier molecular flexibility index (Phi) is 5.54. The van der Waals surface area contributed by atoms with Crippen LogP contribution in [0.4, 0.5) is 0 Å². The van der Waals surface area contributed by atoms with Crippen molar-refractivity contribution in [3.63, 3.8) is 0 Å². The third-order valence-electron chi connectivity index (χ3n) is 5.84. The van der Waals surface area contributed by atoms with Crippen LogP contribution in [0.1, 0.15) is 25.8 Å². The zero-order chi connectivity index (χ0) is 23.8. The molecule has 34 heavy (non-hydrogen) atoms. The fraction of sp³-hybridized carbons (Fsp3) is 0.240. The molecular formula is C25H24N6O3. The molecule has 0 saturated heterocycles. The Morgan fingerprint density at radius 3 is 2.59 bits per heavy atom. The first kappa shape index (κ1) is 21.7. The highest BCUT2D eigenvalue weighted by Crippen LogP contribution is 2.32. The monoisotopic (exact) mass is 456 g/mol. The van der Waals surface area contributed by atoms with Gasteiger partial charge >= 0.3 is 11.5 Å². The normalized spacial score (nSPS) is 11.5. The van der Waals surface area contributed by atoms with E-state index in [0.717, 1.165) is 35.0 Å². The number of para-hydroxylation sites is 1. The van der Waals surface area contributed by atoms with E-state index in [1.54, 1.807) is 24.5 Å². The molecule has 3 heterocycles. The minimum Gasteiger partial charge on any atom is -0.347 e. The molecule has 172 valence electrons. The predicted molar refractivity (Wildman–Crippen MR) is 130 cm³/mol. The van der Waals surface area contributed by atoms with Gasteiger partial charge in [0.2, 0.25) is 0 Å². The summed E-state index contributed by atoms with van der Waals surface area (Å²) in [6, 6.07) is 9.44. The van der Waals surface area contributed by atoms with Gasteiger partial charge in [-0.05, 0) is 37.1 Å². The standard InChI is InChI=1S/C25H24N6O3/c1-3-16-6-4-7-17-18(14-30(24(16)17)11-5-8-26)23-25(33)31(34-15(2)32)22-13-20-19(12-21(22)29-23)27-9-10-28-20/h4,6-7,9-10,12-14H,3,5,8,11,26H2,1-2H3. The van der Waals surface area contributed by atoms with Gasteiger partial charge in [-0.15, -0.1) is 4.73 Å². The van der Waals surface area contributed by atoms with Crippen LogP contribution in [0, 0.1) is 0 Å². The van der Waals surface area contributed by atoms with Crippen molar-refractivity contribution in [2.75, 3.05) is 6.54 Å². The van der Waals surface area contributed by atoms with Crippen molar-refractivity contribution in [2.45, 2.75) is 33.2 Å². The number of hydrogen-bond acceptors (Lipinski definition) is 7. The Labute approximate surface area is 194 Å². The summed E-state index contributed by atoms with van der Waals surface area (Å²) in [5.74, 6) is -0.613. The lowest BCUT2D eigenvalue weighted by atomic mass is 10.1. The van der Waals surface area contributed by atoms with E-state index in [1.165, 1.54) is 12.5 Å². The van der Waals surface area contributed by atoms with Gasteiger partial charge in [-0.1, -0.05) is 25.1 Å². The molecule has 0 amide bonds. The minimum atomic E-state index is -0.613. The first-order chi connectivity index (χ1) is 16.5. The van der Waals surface area contributed by atoms with E-state index in [4.69, 9.17) is 15.6 Å². The van der Waals surface area contributed by atoms with Crippen LogP contribution in [0.3, 0.4) is 0 Å². The van der Waals surface area contributed by atoms with Gasteiger partial charge in [0.15, 0.2) is 0 Å². The smallest absolute Gasteiger partial charge is 0.330 e. The zero-order valence-corrected chi connectivity index (χ0v) is 19.0. The molecule has 9 nitrogen and oxygen atoms in total. The lowest BCUT2D eigenvalue weighted by Gasteiger charge is -2.11. The molecule has 2 N–H and O–H groups in total. The fourth-order valence-electron chi connectivity index (χ4n) is 4.36. The summed E-state index contributed by atoms with van der Waals surface area (Å²) in [5.41, 5.74) is 10.3. The van der Waals surface area contributed by atoms with Gasteiger partial charge in [0, 0.05) is 43.0 Å². The average molecular weight is 457 g/mol. The Hall–Kier alpha value is -4.11. The van der Waals surface area contributed by atoms with Crippen LogP contribution in [0.2, 0.25) is 0 Å². The van der Waals surface area contributed by atoms with Crippen LogP contribution in [0.25, 0.3) is 44.2 Å². The molecule has 0 aliphatic carbocycles.